The van der Waals surface area contributed by atoms with E-state index in [0.29, 0.717) is 26.2 Å². The molecular formula is C18H22FN5O4S. The van der Waals surface area contributed by atoms with Gasteiger partial charge in [0.1, 0.15) is 18.0 Å². The van der Waals surface area contributed by atoms with Gasteiger partial charge in [-0.3, -0.25) is 5.10 Å². The molecule has 0 spiro atoms. The number of H-pyrrole nitrogens is 1. The van der Waals surface area contributed by atoms with Crippen molar-refractivity contribution in [3.8, 4) is 0 Å². The zero-order valence-corrected chi connectivity index (χ0v) is 16.7. The Morgan fingerprint density at radius 3 is 2.76 bits per heavy atom. The van der Waals surface area contributed by atoms with Gasteiger partial charge in [0.15, 0.2) is 9.84 Å². The molecule has 156 valence electrons. The maximum absolute atomic E-state index is 14.1. The number of hydrogen-bond acceptors (Lipinski definition) is 6. The zero-order chi connectivity index (χ0) is 20.6. The van der Waals surface area contributed by atoms with Crippen molar-refractivity contribution in [3.05, 3.63) is 41.7 Å². The average Bonchev–Trinajstić information content (AvgIpc) is 3.31. The number of amides is 2. The van der Waals surface area contributed by atoms with Crippen molar-refractivity contribution < 1.29 is 22.3 Å². The topological polar surface area (TPSA) is 108 Å². The summed E-state index contributed by atoms with van der Waals surface area (Å²) in [7, 11) is -3.45. The van der Waals surface area contributed by atoms with Crippen LogP contribution in [0, 0.1) is 5.82 Å². The van der Waals surface area contributed by atoms with E-state index in [-0.39, 0.29) is 35.1 Å². The van der Waals surface area contributed by atoms with Crippen molar-refractivity contribution in [2.75, 3.05) is 32.4 Å². The van der Waals surface area contributed by atoms with Crippen molar-refractivity contribution in [2.45, 2.75) is 29.9 Å². The van der Waals surface area contributed by atoms with E-state index < -0.39 is 15.7 Å². The first-order chi connectivity index (χ1) is 13.8. The highest BCUT2D eigenvalue weighted by Crippen LogP contribution is 2.26. The van der Waals surface area contributed by atoms with E-state index in [9.17, 15) is 17.6 Å². The number of halogens is 1. The molecule has 9 nitrogen and oxygen atoms in total. The molecule has 1 aromatic carbocycles. The van der Waals surface area contributed by atoms with Gasteiger partial charge in [-0.15, -0.1) is 0 Å². The Bertz CT molecular complexity index is 992. The number of urea groups is 1. The maximum Gasteiger partial charge on any atom is 0.320 e. The zero-order valence-electron chi connectivity index (χ0n) is 15.9. The third kappa shape index (κ3) is 4.25. The van der Waals surface area contributed by atoms with Crippen LogP contribution in [0.3, 0.4) is 0 Å². The third-order valence-electron chi connectivity index (χ3n) is 5.32. The Morgan fingerprint density at radius 2 is 2.10 bits per heavy atom. The Morgan fingerprint density at radius 1 is 1.31 bits per heavy atom. The molecule has 2 aliphatic rings. The number of rotatable bonds is 5. The number of hydrogen-bond donors (Lipinski definition) is 1. The molecule has 29 heavy (non-hydrogen) atoms. The van der Waals surface area contributed by atoms with Crippen LogP contribution in [0.4, 0.5) is 9.18 Å². The van der Waals surface area contributed by atoms with E-state index in [1.165, 1.54) is 18.5 Å². The SMILES string of the molecule is CS(=O)(=O)c1ccc(COC2CN(C(=O)N3CC[C@H](c4ncn[nH]4)C3)C2)c(F)c1. The molecule has 4 rings (SSSR count). The monoisotopic (exact) mass is 423 g/mol. The lowest BCUT2D eigenvalue weighted by Gasteiger charge is -2.40. The van der Waals surface area contributed by atoms with Crippen molar-refractivity contribution in [1.82, 2.24) is 25.0 Å². The number of nitrogens with one attached hydrogen (secondary N) is 1. The molecule has 0 unspecified atom stereocenters. The highest BCUT2D eigenvalue weighted by molar-refractivity contribution is 7.90. The molecule has 2 saturated heterocycles. The van der Waals surface area contributed by atoms with E-state index in [0.717, 1.165) is 24.6 Å². The number of sulfone groups is 1. The minimum absolute atomic E-state index is 0.0276. The van der Waals surface area contributed by atoms with Crippen LogP contribution in [0.15, 0.2) is 29.4 Å². The van der Waals surface area contributed by atoms with Crippen LogP contribution in [0.1, 0.15) is 23.7 Å². The second-order valence-corrected chi connectivity index (χ2v) is 9.46. The molecule has 2 aromatic rings. The van der Waals surface area contributed by atoms with E-state index in [2.05, 4.69) is 15.2 Å². The summed E-state index contributed by atoms with van der Waals surface area (Å²) in [6.45, 7) is 2.20. The summed E-state index contributed by atoms with van der Waals surface area (Å²) in [6.07, 6.45) is 3.18. The van der Waals surface area contributed by atoms with E-state index >= 15 is 0 Å². The molecule has 3 heterocycles. The lowest BCUT2D eigenvalue weighted by atomic mass is 10.1. The molecule has 1 aromatic heterocycles. The Balaban J connectivity index is 1.24. The fourth-order valence-electron chi connectivity index (χ4n) is 3.55. The van der Waals surface area contributed by atoms with Gasteiger partial charge in [0, 0.05) is 30.8 Å². The first kappa shape index (κ1) is 19.8. The standard InChI is InChI=1S/C18H22FN5O4S/c1-29(26,27)15-3-2-13(16(19)6-15)10-28-14-8-24(9-14)18(25)23-5-4-12(7-23)17-20-11-21-22-17/h2-3,6,11-12,14H,4-5,7-10H2,1H3,(H,20,21,22)/t12-/m0/s1. The number of likely N-dealkylation sites (tertiary alicyclic amines) is 2. The molecule has 0 saturated carbocycles. The number of aromatic amines is 1. The summed E-state index contributed by atoms with van der Waals surface area (Å²) >= 11 is 0. The number of nitrogens with zero attached hydrogens (tertiary/aromatic N) is 4. The normalized spacial score (nSPS) is 20.1. The molecule has 11 heteroatoms. The van der Waals surface area contributed by atoms with Gasteiger partial charge in [0.05, 0.1) is 30.7 Å². The van der Waals surface area contributed by atoms with Gasteiger partial charge in [-0.25, -0.2) is 22.6 Å². The van der Waals surface area contributed by atoms with E-state index in [1.54, 1.807) is 9.80 Å². The van der Waals surface area contributed by atoms with Crippen molar-refractivity contribution in [1.29, 1.82) is 0 Å². The van der Waals surface area contributed by atoms with Crippen LogP contribution in [-0.2, 0) is 21.2 Å². The quantitative estimate of drug-likeness (QED) is 0.773. The van der Waals surface area contributed by atoms with Gasteiger partial charge in [-0.1, -0.05) is 6.07 Å². The van der Waals surface area contributed by atoms with Crippen LogP contribution in [0.5, 0.6) is 0 Å². The molecule has 0 radical (unpaired) electrons. The highest BCUT2D eigenvalue weighted by Gasteiger charge is 2.37. The molecule has 1 N–H and O–H groups in total. The summed E-state index contributed by atoms with van der Waals surface area (Å²) in [4.78, 5) is 20.2. The summed E-state index contributed by atoms with van der Waals surface area (Å²) in [5.74, 6) is 0.359. The molecule has 2 amide bonds. The maximum atomic E-state index is 14.1. The van der Waals surface area contributed by atoms with Crippen LogP contribution in [-0.4, -0.2) is 78.0 Å². The van der Waals surface area contributed by atoms with Gasteiger partial charge < -0.3 is 14.5 Å². The minimum atomic E-state index is -3.45. The predicted octanol–water partition coefficient (Wildman–Crippen LogP) is 1.16. The van der Waals surface area contributed by atoms with Gasteiger partial charge in [0.2, 0.25) is 0 Å². The fraction of sp³-hybridized carbons (Fsp3) is 0.500. The summed E-state index contributed by atoms with van der Waals surface area (Å²) < 4.78 is 42.7. The molecule has 1 atom stereocenters. The minimum Gasteiger partial charge on any atom is -0.370 e. The summed E-state index contributed by atoms with van der Waals surface area (Å²) in [5.41, 5.74) is 0.289. The number of ether oxygens (including phenoxy) is 1. The Hall–Kier alpha value is -2.53. The fourth-order valence-corrected chi connectivity index (χ4v) is 4.18. The number of carbonyl (C=O) groups is 1. The van der Waals surface area contributed by atoms with E-state index in [1.807, 2.05) is 0 Å². The first-order valence-electron chi connectivity index (χ1n) is 9.30. The van der Waals surface area contributed by atoms with Crippen molar-refractivity contribution >= 4 is 15.9 Å². The highest BCUT2D eigenvalue weighted by atomic mass is 32.2. The largest absolute Gasteiger partial charge is 0.370 e. The number of carbonyl (C=O) groups excluding carboxylic acids is 1. The lowest BCUT2D eigenvalue weighted by Crippen LogP contribution is -2.58. The van der Waals surface area contributed by atoms with Crippen LogP contribution >= 0.6 is 0 Å². The van der Waals surface area contributed by atoms with Crippen LogP contribution in [0.25, 0.3) is 0 Å². The molecule has 0 aliphatic carbocycles. The van der Waals surface area contributed by atoms with Crippen molar-refractivity contribution in [2.24, 2.45) is 0 Å². The molecule has 2 aliphatic heterocycles. The predicted molar refractivity (Wildman–Crippen MR) is 100 cm³/mol. The van der Waals surface area contributed by atoms with E-state index in [4.69, 9.17) is 4.74 Å². The average molecular weight is 423 g/mol. The second kappa shape index (κ2) is 7.71. The smallest absolute Gasteiger partial charge is 0.320 e. The lowest BCUT2D eigenvalue weighted by molar-refractivity contribution is -0.0494. The Labute approximate surface area is 167 Å². The molecule has 0 bridgehead atoms. The van der Waals surface area contributed by atoms with Gasteiger partial charge in [0.25, 0.3) is 0 Å². The van der Waals surface area contributed by atoms with Crippen molar-refractivity contribution in [3.63, 3.8) is 0 Å². The van der Waals surface area contributed by atoms with Gasteiger partial charge in [-0.05, 0) is 18.6 Å². The van der Waals surface area contributed by atoms with Gasteiger partial charge >= 0.3 is 6.03 Å². The third-order valence-corrected chi connectivity index (χ3v) is 6.44. The van der Waals surface area contributed by atoms with Gasteiger partial charge in [-0.2, -0.15) is 5.10 Å². The Kier molecular flexibility index (Phi) is 5.26. The van der Waals surface area contributed by atoms with Crippen LogP contribution < -0.4 is 0 Å². The van der Waals surface area contributed by atoms with Crippen LogP contribution in [0.2, 0.25) is 0 Å². The number of benzene rings is 1. The first-order valence-corrected chi connectivity index (χ1v) is 11.2. The summed E-state index contributed by atoms with van der Waals surface area (Å²) in [5, 5.41) is 6.71. The number of aromatic nitrogens is 3. The second-order valence-electron chi connectivity index (χ2n) is 7.45. The molecule has 2 fully saturated rings. The molecular weight excluding hydrogens is 401 g/mol. The summed E-state index contributed by atoms with van der Waals surface area (Å²) in [6, 6.07) is 3.76.